The van der Waals surface area contributed by atoms with Crippen LogP contribution in [0.1, 0.15) is 25.3 Å². The van der Waals surface area contributed by atoms with E-state index in [1.165, 1.54) is 12.8 Å². The first-order valence-electron chi connectivity index (χ1n) is 7.00. The average Bonchev–Trinajstić information content (AvgIpc) is 3.19. The maximum atomic E-state index is 9.70. The van der Waals surface area contributed by atoms with Crippen LogP contribution in [0.4, 0.5) is 0 Å². The van der Waals surface area contributed by atoms with Crippen LogP contribution in [-0.2, 0) is 6.54 Å². The molecule has 0 aromatic heterocycles. The number of nitrogens with two attached hydrogens (primary N) is 1. The number of likely N-dealkylation sites (N-methyl/N-ethyl adjacent to an activating group) is 1. The zero-order valence-electron chi connectivity index (χ0n) is 11.8. The first-order valence-corrected chi connectivity index (χ1v) is 7.00. The predicted octanol–water partition coefficient (Wildman–Crippen LogP) is 1.96. The Morgan fingerprint density at radius 3 is 2.79 bits per heavy atom. The van der Waals surface area contributed by atoms with E-state index in [2.05, 4.69) is 11.9 Å². The largest absolute Gasteiger partial charge is 0.504 e. The third-order valence-corrected chi connectivity index (χ3v) is 3.73. The number of aromatic hydroxyl groups is 1. The summed E-state index contributed by atoms with van der Waals surface area (Å²) in [6, 6.07) is 6.01. The van der Waals surface area contributed by atoms with Gasteiger partial charge in [-0.25, -0.2) is 0 Å². The topological polar surface area (TPSA) is 58.7 Å². The molecule has 1 aromatic rings. The van der Waals surface area contributed by atoms with Crippen molar-refractivity contribution in [2.45, 2.75) is 32.4 Å². The second-order valence-electron chi connectivity index (χ2n) is 5.29. The molecule has 1 aliphatic rings. The molecule has 19 heavy (non-hydrogen) atoms. The summed E-state index contributed by atoms with van der Waals surface area (Å²) in [5.41, 5.74) is 7.01. The SMILES string of the molecule is CCOc1cc(CN(C)C(CN)C2CC2)ccc1O. The second-order valence-corrected chi connectivity index (χ2v) is 5.29. The quantitative estimate of drug-likeness (QED) is 0.790. The van der Waals surface area contributed by atoms with Crippen molar-refractivity contribution in [1.29, 1.82) is 0 Å². The third kappa shape index (κ3) is 3.61. The van der Waals surface area contributed by atoms with Gasteiger partial charge in [0, 0.05) is 19.1 Å². The molecule has 1 atom stereocenters. The number of hydrogen-bond donors (Lipinski definition) is 2. The second kappa shape index (κ2) is 6.26. The number of hydrogen-bond acceptors (Lipinski definition) is 4. The van der Waals surface area contributed by atoms with Crippen molar-refractivity contribution in [2.75, 3.05) is 20.2 Å². The Bertz CT molecular complexity index is 419. The number of ether oxygens (including phenoxy) is 1. The summed E-state index contributed by atoms with van der Waals surface area (Å²) in [7, 11) is 2.11. The predicted molar refractivity (Wildman–Crippen MR) is 76.3 cm³/mol. The first-order chi connectivity index (χ1) is 9.15. The summed E-state index contributed by atoms with van der Waals surface area (Å²) in [5, 5.41) is 9.70. The van der Waals surface area contributed by atoms with E-state index in [1.807, 2.05) is 19.1 Å². The molecule has 0 bridgehead atoms. The lowest BCUT2D eigenvalue weighted by Crippen LogP contribution is -2.39. The number of phenols is 1. The van der Waals surface area contributed by atoms with Crippen molar-refractivity contribution in [3.05, 3.63) is 23.8 Å². The molecule has 0 saturated heterocycles. The maximum absolute atomic E-state index is 9.70. The van der Waals surface area contributed by atoms with Crippen molar-refractivity contribution < 1.29 is 9.84 Å². The molecule has 1 fully saturated rings. The van der Waals surface area contributed by atoms with E-state index in [1.54, 1.807) is 6.07 Å². The fourth-order valence-electron chi connectivity index (χ4n) is 2.55. The first kappa shape index (κ1) is 14.2. The molecule has 0 radical (unpaired) electrons. The van der Waals surface area contributed by atoms with Gasteiger partial charge in [-0.15, -0.1) is 0 Å². The summed E-state index contributed by atoms with van der Waals surface area (Å²) in [6.07, 6.45) is 2.60. The highest BCUT2D eigenvalue weighted by Gasteiger charge is 2.32. The minimum absolute atomic E-state index is 0.200. The van der Waals surface area contributed by atoms with Gasteiger partial charge >= 0.3 is 0 Å². The van der Waals surface area contributed by atoms with Crippen molar-refractivity contribution in [1.82, 2.24) is 4.90 Å². The molecule has 1 unspecified atom stereocenters. The van der Waals surface area contributed by atoms with Gasteiger partial charge in [0.15, 0.2) is 11.5 Å². The Morgan fingerprint density at radius 2 is 2.21 bits per heavy atom. The van der Waals surface area contributed by atoms with Crippen molar-refractivity contribution in [3.8, 4) is 11.5 Å². The van der Waals surface area contributed by atoms with E-state index in [-0.39, 0.29) is 5.75 Å². The van der Waals surface area contributed by atoms with Gasteiger partial charge in [-0.05, 0) is 50.4 Å². The third-order valence-electron chi connectivity index (χ3n) is 3.73. The van der Waals surface area contributed by atoms with E-state index in [9.17, 15) is 5.11 Å². The summed E-state index contributed by atoms with van der Waals surface area (Å²) >= 11 is 0. The van der Waals surface area contributed by atoms with E-state index in [0.717, 1.165) is 18.0 Å². The molecular formula is C15H24N2O2. The van der Waals surface area contributed by atoms with Crippen LogP contribution in [-0.4, -0.2) is 36.2 Å². The van der Waals surface area contributed by atoms with Crippen LogP contribution < -0.4 is 10.5 Å². The Morgan fingerprint density at radius 1 is 1.47 bits per heavy atom. The lowest BCUT2D eigenvalue weighted by Gasteiger charge is -2.27. The summed E-state index contributed by atoms with van der Waals surface area (Å²) < 4.78 is 5.41. The molecule has 1 saturated carbocycles. The molecule has 1 aromatic carbocycles. The van der Waals surface area contributed by atoms with Gasteiger partial charge in [0.05, 0.1) is 6.61 Å². The van der Waals surface area contributed by atoms with Crippen LogP contribution in [0.25, 0.3) is 0 Å². The highest BCUT2D eigenvalue weighted by molar-refractivity contribution is 5.41. The molecule has 4 nitrogen and oxygen atoms in total. The standard InChI is InChI=1S/C15H24N2O2/c1-3-19-15-8-11(4-7-14(15)18)10-17(2)13(9-16)12-5-6-12/h4,7-8,12-13,18H,3,5-6,9-10,16H2,1-2H3. The van der Waals surface area contributed by atoms with Crippen molar-refractivity contribution >= 4 is 0 Å². The molecule has 106 valence electrons. The highest BCUT2D eigenvalue weighted by Crippen LogP contribution is 2.35. The van der Waals surface area contributed by atoms with Crippen LogP contribution >= 0.6 is 0 Å². The summed E-state index contributed by atoms with van der Waals surface area (Å²) in [4.78, 5) is 2.31. The molecule has 0 spiro atoms. The molecule has 2 rings (SSSR count). The van der Waals surface area contributed by atoms with Gasteiger partial charge in [0.1, 0.15) is 0 Å². The van der Waals surface area contributed by atoms with Crippen LogP contribution in [0.3, 0.4) is 0 Å². The Kier molecular flexibility index (Phi) is 4.66. The fraction of sp³-hybridized carbons (Fsp3) is 0.600. The maximum Gasteiger partial charge on any atom is 0.161 e. The normalized spacial score (nSPS) is 16.6. The van der Waals surface area contributed by atoms with E-state index < -0.39 is 0 Å². The van der Waals surface area contributed by atoms with Gasteiger partial charge in [0.2, 0.25) is 0 Å². The average molecular weight is 264 g/mol. The molecule has 4 heteroatoms. The summed E-state index contributed by atoms with van der Waals surface area (Å²) in [6.45, 7) is 4.01. The van der Waals surface area contributed by atoms with Crippen LogP contribution in [0.15, 0.2) is 18.2 Å². The van der Waals surface area contributed by atoms with Gasteiger partial charge in [-0.1, -0.05) is 6.07 Å². The van der Waals surface area contributed by atoms with Gasteiger partial charge < -0.3 is 15.6 Å². The number of rotatable bonds is 7. The van der Waals surface area contributed by atoms with Crippen LogP contribution in [0, 0.1) is 5.92 Å². The monoisotopic (exact) mass is 264 g/mol. The molecule has 3 N–H and O–H groups in total. The lowest BCUT2D eigenvalue weighted by molar-refractivity contribution is 0.215. The van der Waals surface area contributed by atoms with Crippen molar-refractivity contribution in [3.63, 3.8) is 0 Å². The molecule has 0 heterocycles. The minimum Gasteiger partial charge on any atom is -0.504 e. The minimum atomic E-state index is 0.200. The van der Waals surface area contributed by atoms with Gasteiger partial charge in [-0.2, -0.15) is 0 Å². The van der Waals surface area contributed by atoms with E-state index in [0.29, 0.717) is 24.9 Å². The molecule has 1 aliphatic carbocycles. The number of benzene rings is 1. The van der Waals surface area contributed by atoms with Crippen molar-refractivity contribution in [2.24, 2.45) is 11.7 Å². The van der Waals surface area contributed by atoms with Crippen LogP contribution in [0.5, 0.6) is 11.5 Å². The smallest absolute Gasteiger partial charge is 0.161 e. The molecule has 0 aliphatic heterocycles. The molecule has 0 amide bonds. The Labute approximate surface area is 115 Å². The van der Waals surface area contributed by atoms with E-state index in [4.69, 9.17) is 10.5 Å². The van der Waals surface area contributed by atoms with Crippen LogP contribution in [0.2, 0.25) is 0 Å². The Hall–Kier alpha value is -1.26. The molecular weight excluding hydrogens is 240 g/mol. The highest BCUT2D eigenvalue weighted by atomic mass is 16.5. The Balaban J connectivity index is 2.03. The number of phenolic OH excluding ortho intramolecular Hbond substituents is 1. The lowest BCUT2D eigenvalue weighted by atomic mass is 10.1. The van der Waals surface area contributed by atoms with E-state index >= 15 is 0 Å². The zero-order chi connectivity index (χ0) is 13.8. The fourth-order valence-corrected chi connectivity index (χ4v) is 2.55. The number of nitrogens with zero attached hydrogens (tertiary/aromatic N) is 1. The van der Waals surface area contributed by atoms with Gasteiger partial charge in [0.25, 0.3) is 0 Å². The van der Waals surface area contributed by atoms with Gasteiger partial charge in [-0.3, -0.25) is 4.90 Å². The zero-order valence-corrected chi connectivity index (χ0v) is 11.8. The summed E-state index contributed by atoms with van der Waals surface area (Å²) in [5.74, 6) is 1.52.